The van der Waals surface area contributed by atoms with Crippen LogP contribution in [0.15, 0.2) is 0 Å². The molecule has 0 aliphatic rings. The molecule has 0 aromatic rings. The van der Waals surface area contributed by atoms with E-state index in [-0.39, 0.29) is 0 Å². The predicted octanol–water partition coefficient (Wildman–Crippen LogP) is -1.28. The Labute approximate surface area is 47.8 Å². The Bertz CT molecular complexity index is 123. The fourth-order valence-corrected chi connectivity index (χ4v) is 0.497. The van der Waals surface area contributed by atoms with E-state index in [2.05, 4.69) is 0 Å². The number of hydrogen-bond donors (Lipinski definition) is 3. The Morgan fingerprint density at radius 2 is 1.88 bits per heavy atom. The molecule has 6 heteroatoms. The summed E-state index contributed by atoms with van der Waals surface area (Å²) in [6.07, 6.45) is 0. The SMILES string of the molecule is CP(O)(O)(O)BC#N. The van der Waals surface area contributed by atoms with E-state index >= 15 is 0 Å². The second-order valence-electron chi connectivity index (χ2n) is 1.93. The molecule has 0 heterocycles. The second kappa shape index (κ2) is 1.68. The summed E-state index contributed by atoms with van der Waals surface area (Å²) in [4.78, 5) is 25.5. The van der Waals surface area contributed by atoms with Crippen LogP contribution in [0.2, 0.25) is 0 Å². The van der Waals surface area contributed by atoms with Gasteiger partial charge in [0.25, 0.3) is 0 Å². The summed E-state index contributed by atoms with van der Waals surface area (Å²) in [6, 6.07) is 0. The van der Waals surface area contributed by atoms with E-state index in [4.69, 9.17) is 19.9 Å². The van der Waals surface area contributed by atoms with Crippen LogP contribution in [0, 0.1) is 11.2 Å². The van der Waals surface area contributed by atoms with Crippen molar-refractivity contribution >= 4 is 14.2 Å². The van der Waals surface area contributed by atoms with Gasteiger partial charge in [-0.15, -0.1) is 0 Å². The summed E-state index contributed by atoms with van der Waals surface area (Å²) in [6.45, 7) is 0.278. The van der Waals surface area contributed by atoms with Crippen LogP contribution in [0.25, 0.3) is 0 Å². The van der Waals surface area contributed by atoms with Crippen LogP contribution in [0.1, 0.15) is 0 Å². The van der Waals surface area contributed by atoms with Crippen LogP contribution >= 0.6 is 7.16 Å². The van der Waals surface area contributed by atoms with Crippen molar-refractivity contribution in [1.29, 1.82) is 5.26 Å². The van der Waals surface area contributed by atoms with Gasteiger partial charge in [0.1, 0.15) is 0 Å². The Morgan fingerprint density at radius 3 is 1.88 bits per heavy atom. The Balaban J connectivity index is 3.98. The average Bonchev–Trinajstić information content (AvgIpc) is 1.25. The van der Waals surface area contributed by atoms with Crippen molar-refractivity contribution in [3.63, 3.8) is 0 Å². The second-order valence-corrected chi connectivity index (χ2v) is 5.46. The van der Waals surface area contributed by atoms with E-state index in [1.807, 2.05) is 0 Å². The van der Waals surface area contributed by atoms with Crippen LogP contribution in [0.3, 0.4) is 0 Å². The van der Waals surface area contributed by atoms with Gasteiger partial charge in [0.2, 0.25) is 0 Å². The molecule has 0 atom stereocenters. The van der Waals surface area contributed by atoms with E-state index in [1.165, 1.54) is 5.97 Å². The van der Waals surface area contributed by atoms with Gasteiger partial charge in [-0.1, -0.05) is 0 Å². The molecule has 8 heavy (non-hydrogen) atoms. The quantitative estimate of drug-likeness (QED) is 0.309. The summed E-state index contributed by atoms with van der Waals surface area (Å²) in [7, 11) is -4.47. The molecule has 0 saturated carbocycles. The minimum atomic E-state index is -4.47. The normalized spacial score (nSPS) is 15.6. The molecule has 0 bridgehead atoms. The summed E-state index contributed by atoms with van der Waals surface area (Å²) >= 11 is 0. The van der Waals surface area contributed by atoms with Gasteiger partial charge < -0.3 is 0 Å². The first kappa shape index (κ1) is 7.86. The first-order chi connectivity index (χ1) is 3.31. The molecule has 0 amide bonds. The van der Waals surface area contributed by atoms with Gasteiger partial charge in [-0.3, -0.25) is 0 Å². The molecular weight excluding hydrogens is 128 g/mol. The third-order valence-corrected chi connectivity index (χ3v) is 1.32. The third kappa shape index (κ3) is 5.86. The number of hydrogen-bond acceptors (Lipinski definition) is 4. The molecule has 0 aromatic carbocycles. The van der Waals surface area contributed by atoms with Gasteiger partial charge in [0, 0.05) is 0 Å². The summed E-state index contributed by atoms with van der Waals surface area (Å²) in [5.74, 6) is 1.46. The molecule has 0 fully saturated rings. The molecule has 46 valence electrons. The first-order valence-corrected chi connectivity index (χ1v) is 4.67. The molecular formula is C2H7BNO3P. The summed E-state index contributed by atoms with van der Waals surface area (Å²) in [5, 5.41) is 7.87. The summed E-state index contributed by atoms with van der Waals surface area (Å²) in [5.41, 5.74) is 0. The average molecular weight is 135 g/mol. The first-order valence-electron chi connectivity index (χ1n) is 1.94. The van der Waals surface area contributed by atoms with Gasteiger partial charge in [-0.2, -0.15) is 0 Å². The molecule has 3 N–H and O–H groups in total. The molecule has 0 radical (unpaired) electrons. The van der Waals surface area contributed by atoms with Crippen LogP contribution in [0.5, 0.6) is 0 Å². The van der Waals surface area contributed by atoms with E-state index in [0.717, 1.165) is 6.66 Å². The van der Waals surface area contributed by atoms with E-state index in [1.54, 1.807) is 0 Å². The third-order valence-electron chi connectivity index (χ3n) is 0.441. The zero-order valence-electron chi connectivity index (χ0n) is 4.44. The monoisotopic (exact) mass is 135 g/mol. The maximum absolute atomic E-state index is 8.50. The van der Waals surface area contributed by atoms with Gasteiger partial charge in [0.15, 0.2) is 0 Å². The molecule has 0 spiro atoms. The molecule has 0 unspecified atom stereocenters. The molecule has 0 aromatic heterocycles. The van der Waals surface area contributed by atoms with Gasteiger partial charge in [0.05, 0.1) is 0 Å². The Morgan fingerprint density at radius 1 is 1.50 bits per heavy atom. The van der Waals surface area contributed by atoms with Crippen LogP contribution < -0.4 is 0 Å². The summed E-state index contributed by atoms with van der Waals surface area (Å²) < 4.78 is 0. The van der Waals surface area contributed by atoms with Gasteiger partial charge in [-0.25, -0.2) is 0 Å². The number of rotatable bonds is 1. The molecule has 0 aliphatic heterocycles. The number of nitrogens with zero attached hydrogens (tertiary/aromatic N) is 1. The fraction of sp³-hybridized carbons (Fsp3) is 0.500. The fourth-order valence-electron chi connectivity index (χ4n) is 0.166. The topological polar surface area (TPSA) is 84.5 Å². The van der Waals surface area contributed by atoms with E-state index in [9.17, 15) is 0 Å². The van der Waals surface area contributed by atoms with Crippen molar-refractivity contribution in [2.24, 2.45) is 0 Å². The van der Waals surface area contributed by atoms with E-state index < -0.39 is 14.2 Å². The Hall–Kier alpha value is -0.135. The standard InChI is InChI=1S/C2H7BNO3P/c1-8(5,6,7)3-2-4/h3,5-7H,1H3. The molecule has 0 aliphatic carbocycles. The predicted molar refractivity (Wildman–Crippen MR) is 32.3 cm³/mol. The van der Waals surface area contributed by atoms with Crippen molar-refractivity contribution in [3.8, 4) is 5.97 Å². The van der Waals surface area contributed by atoms with Crippen molar-refractivity contribution < 1.29 is 14.7 Å². The zero-order valence-corrected chi connectivity index (χ0v) is 5.34. The van der Waals surface area contributed by atoms with Crippen molar-refractivity contribution in [3.05, 3.63) is 0 Å². The van der Waals surface area contributed by atoms with Gasteiger partial charge >= 0.3 is 46.7 Å². The molecule has 0 rings (SSSR count). The molecule has 4 nitrogen and oxygen atoms in total. The van der Waals surface area contributed by atoms with Crippen LogP contribution in [-0.4, -0.2) is 28.3 Å². The van der Waals surface area contributed by atoms with Crippen molar-refractivity contribution in [2.75, 3.05) is 6.66 Å². The molecule has 0 saturated heterocycles. The van der Waals surface area contributed by atoms with E-state index in [0.29, 0.717) is 0 Å². The van der Waals surface area contributed by atoms with Gasteiger partial charge in [-0.05, 0) is 0 Å². The minimum absolute atomic E-state index is 0.592. The van der Waals surface area contributed by atoms with Crippen molar-refractivity contribution in [1.82, 2.24) is 0 Å². The Kier molecular flexibility index (Phi) is 1.65. The zero-order chi connectivity index (χ0) is 6.86. The van der Waals surface area contributed by atoms with Crippen molar-refractivity contribution in [2.45, 2.75) is 0 Å². The number of nitriles is 1. The van der Waals surface area contributed by atoms with Crippen LogP contribution in [0.4, 0.5) is 0 Å². The maximum atomic E-state index is 8.50. The van der Waals surface area contributed by atoms with Crippen LogP contribution in [-0.2, 0) is 0 Å².